The van der Waals surface area contributed by atoms with Gasteiger partial charge in [-0.1, -0.05) is 19.1 Å². The molecule has 2 rings (SSSR count). The van der Waals surface area contributed by atoms with Crippen LogP contribution in [0.3, 0.4) is 0 Å². The first kappa shape index (κ1) is 11.6. The number of nitrogens with one attached hydrogen (secondary N) is 1. The highest BCUT2D eigenvalue weighted by Crippen LogP contribution is 2.35. The van der Waals surface area contributed by atoms with E-state index in [0.29, 0.717) is 12.0 Å². The second kappa shape index (κ2) is 5.46. The minimum atomic E-state index is 0.341. The molecule has 1 aliphatic heterocycles. The molecule has 88 valence electrons. The van der Waals surface area contributed by atoms with Crippen LogP contribution in [0.15, 0.2) is 18.2 Å². The molecule has 1 aromatic rings. The van der Waals surface area contributed by atoms with Gasteiger partial charge in [-0.05, 0) is 12.3 Å². The van der Waals surface area contributed by atoms with Crippen molar-refractivity contribution >= 4 is 11.8 Å². The van der Waals surface area contributed by atoms with Gasteiger partial charge in [-0.25, -0.2) is 0 Å². The van der Waals surface area contributed by atoms with Gasteiger partial charge in [0.15, 0.2) is 11.5 Å². The van der Waals surface area contributed by atoms with Gasteiger partial charge in [0.05, 0.1) is 0 Å². The minimum Gasteiger partial charge on any atom is -0.454 e. The summed E-state index contributed by atoms with van der Waals surface area (Å²) in [5, 5.41) is 4.06. The molecule has 1 heterocycles. The summed E-state index contributed by atoms with van der Waals surface area (Å²) in [4.78, 5) is 0. The van der Waals surface area contributed by atoms with E-state index in [1.165, 1.54) is 5.56 Å². The van der Waals surface area contributed by atoms with Gasteiger partial charge in [-0.15, -0.1) is 0 Å². The molecule has 1 N–H and O–H groups in total. The molecule has 4 heteroatoms. The number of ether oxygens (including phenoxy) is 2. The van der Waals surface area contributed by atoms with Crippen LogP contribution in [0.25, 0.3) is 0 Å². The average Bonchev–Trinajstić information content (AvgIpc) is 2.77. The SMILES string of the molecule is CSC(C)CNCc1cccc2c1OCO2. The second-order valence-electron chi connectivity index (χ2n) is 3.83. The molecule has 3 nitrogen and oxygen atoms in total. The van der Waals surface area contributed by atoms with Crippen LogP contribution in [-0.2, 0) is 6.54 Å². The van der Waals surface area contributed by atoms with Gasteiger partial charge in [0.1, 0.15) is 0 Å². The predicted octanol–water partition coefficient (Wildman–Crippen LogP) is 2.26. The van der Waals surface area contributed by atoms with Crippen molar-refractivity contribution in [3.8, 4) is 11.5 Å². The van der Waals surface area contributed by atoms with Crippen LogP contribution >= 0.6 is 11.8 Å². The molecule has 0 saturated heterocycles. The molecule has 0 fully saturated rings. The van der Waals surface area contributed by atoms with Gasteiger partial charge in [0.2, 0.25) is 6.79 Å². The fourth-order valence-electron chi connectivity index (χ4n) is 1.62. The minimum absolute atomic E-state index is 0.341. The number of fused-ring (bicyclic) bond motifs is 1. The van der Waals surface area contributed by atoms with E-state index in [1.54, 1.807) is 0 Å². The van der Waals surface area contributed by atoms with Crippen molar-refractivity contribution in [1.29, 1.82) is 0 Å². The van der Waals surface area contributed by atoms with E-state index in [0.717, 1.165) is 24.6 Å². The first-order valence-electron chi connectivity index (χ1n) is 5.42. The molecule has 16 heavy (non-hydrogen) atoms. The monoisotopic (exact) mass is 239 g/mol. The van der Waals surface area contributed by atoms with Gasteiger partial charge >= 0.3 is 0 Å². The summed E-state index contributed by atoms with van der Waals surface area (Å²) in [7, 11) is 0. The summed E-state index contributed by atoms with van der Waals surface area (Å²) < 4.78 is 10.8. The van der Waals surface area contributed by atoms with E-state index >= 15 is 0 Å². The van der Waals surface area contributed by atoms with Gasteiger partial charge in [-0.2, -0.15) is 11.8 Å². The maximum atomic E-state index is 5.45. The second-order valence-corrected chi connectivity index (χ2v) is 5.10. The first-order valence-corrected chi connectivity index (χ1v) is 6.71. The number of thioether (sulfide) groups is 1. The molecular formula is C12H17NO2S. The Balaban J connectivity index is 1.92. The fourth-order valence-corrected chi connectivity index (χ4v) is 1.91. The van der Waals surface area contributed by atoms with Crippen molar-refractivity contribution in [2.24, 2.45) is 0 Å². The Kier molecular flexibility index (Phi) is 3.96. The Labute approximate surface area is 101 Å². The Bertz CT molecular complexity index is 357. The summed E-state index contributed by atoms with van der Waals surface area (Å²) in [5.74, 6) is 1.75. The highest BCUT2D eigenvalue weighted by Gasteiger charge is 2.16. The lowest BCUT2D eigenvalue weighted by atomic mass is 10.2. The molecule has 0 spiro atoms. The zero-order valence-electron chi connectivity index (χ0n) is 9.66. The quantitative estimate of drug-likeness (QED) is 0.853. The first-order chi connectivity index (χ1) is 7.81. The number of para-hydroxylation sites is 1. The summed E-state index contributed by atoms with van der Waals surface area (Å²) in [5.41, 5.74) is 1.17. The molecule has 1 aliphatic rings. The van der Waals surface area contributed by atoms with Crippen molar-refractivity contribution in [2.45, 2.75) is 18.7 Å². The summed E-state index contributed by atoms with van der Waals surface area (Å²) in [6.45, 7) is 4.39. The van der Waals surface area contributed by atoms with E-state index in [1.807, 2.05) is 23.9 Å². The summed E-state index contributed by atoms with van der Waals surface area (Å²) >= 11 is 1.87. The lowest BCUT2D eigenvalue weighted by Crippen LogP contribution is -2.22. The standard InChI is InChI=1S/C12H17NO2S/c1-9(16-2)6-13-7-10-4-3-5-11-12(10)15-8-14-11/h3-5,9,13H,6-8H2,1-2H3. The molecule has 0 amide bonds. The molecule has 0 saturated carbocycles. The van der Waals surface area contributed by atoms with Crippen LogP contribution in [0.4, 0.5) is 0 Å². The topological polar surface area (TPSA) is 30.5 Å². The fraction of sp³-hybridized carbons (Fsp3) is 0.500. The van der Waals surface area contributed by atoms with Crippen molar-refractivity contribution < 1.29 is 9.47 Å². The predicted molar refractivity (Wildman–Crippen MR) is 67.2 cm³/mol. The Morgan fingerprint density at radius 2 is 2.31 bits per heavy atom. The third-order valence-corrected chi connectivity index (χ3v) is 3.60. The van der Waals surface area contributed by atoms with Crippen LogP contribution in [0.1, 0.15) is 12.5 Å². The molecule has 0 radical (unpaired) electrons. The largest absolute Gasteiger partial charge is 0.454 e. The Morgan fingerprint density at radius 3 is 3.12 bits per heavy atom. The number of hydrogen-bond acceptors (Lipinski definition) is 4. The van der Waals surface area contributed by atoms with Crippen molar-refractivity contribution in [2.75, 3.05) is 19.6 Å². The maximum Gasteiger partial charge on any atom is 0.231 e. The highest BCUT2D eigenvalue weighted by molar-refractivity contribution is 7.99. The van der Waals surface area contributed by atoms with Gasteiger partial charge in [-0.3, -0.25) is 0 Å². The van der Waals surface area contributed by atoms with E-state index in [9.17, 15) is 0 Å². The molecule has 1 unspecified atom stereocenters. The van der Waals surface area contributed by atoms with Crippen LogP contribution < -0.4 is 14.8 Å². The Hall–Kier alpha value is -0.870. The number of hydrogen-bond donors (Lipinski definition) is 1. The summed E-state index contributed by atoms with van der Waals surface area (Å²) in [6, 6.07) is 6.02. The lowest BCUT2D eigenvalue weighted by Gasteiger charge is -2.10. The molecule has 1 atom stereocenters. The zero-order chi connectivity index (χ0) is 11.4. The van der Waals surface area contributed by atoms with Gasteiger partial charge in [0, 0.05) is 23.9 Å². The van der Waals surface area contributed by atoms with Crippen LogP contribution in [-0.4, -0.2) is 24.8 Å². The molecule has 0 bridgehead atoms. The maximum absolute atomic E-state index is 5.45. The highest BCUT2D eigenvalue weighted by atomic mass is 32.2. The number of rotatable bonds is 5. The molecule has 0 aliphatic carbocycles. The number of benzene rings is 1. The van der Waals surface area contributed by atoms with E-state index in [2.05, 4.69) is 24.6 Å². The Morgan fingerprint density at radius 1 is 1.44 bits per heavy atom. The third-order valence-electron chi connectivity index (χ3n) is 2.63. The van der Waals surface area contributed by atoms with E-state index in [4.69, 9.17) is 9.47 Å². The zero-order valence-corrected chi connectivity index (χ0v) is 10.5. The lowest BCUT2D eigenvalue weighted by molar-refractivity contribution is 0.173. The normalized spacial score (nSPS) is 15.1. The van der Waals surface area contributed by atoms with E-state index in [-0.39, 0.29) is 0 Å². The third kappa shape index (κ3) is 2.62. The molecular weight excluding hydrogens is 222 g/mol. The van der Waals surface area contributed by atoms with Crippen LogP contribution in [0.5, 0.6) is 11.5 Å². The average molecular weight is 239 g/mol. The van der Waals surface area contributed by atoms with Crippen molar-refractivity contribution in [1.82, 2.24) is 5.32 Å². The van der Waals surface area contributed by atoms with Crippen LogP contribution in [0.2, 0.25) is 0 Å². The van der Waals surface area contributed by atoms with Crippen LogP contribution in [0, 0.1) is 0 Å². The smallest absolute Gasteiger partial charge is 0.231 e. The van der Waals surface area contributed by atoms with Gasteiger partial charge in [0.25, 0.3) is 0 Å². The van der Waals surface area contributed by atoms with Crippen molar-refractivity contribution in [3.63, 3.8) is 0 Å². The van der Waals surface area contributed by atoms with Gasteiger partial charge < -0.3 is 14.8 Å². The molecule has 1 aromatic carbocycles. The summed E-state index contributed by atoms with van der Waals surface area (Å²) in [6.07, 6.45) is 2.13. The molecule has 0 aromatic heterocycles. The van der Waals surface area contributed by atoms with Crippen molar-refractivity contribution in [3.05, 3.63) is 23.8 Å². The van der Waals surface area contributed by atoms with E-state index < -0.39 is 0 Å².